The van der Waals surface area contributed by atoms with E-state index < -0.39 is 0 Å². The van der Waals surface area contributed by atoms with Gasteiger partial charge in [-0.25, -0.2) is 0 Å². The normalized spacial score (nSPS) is 14.8. The van der Waals surface area contributed by atoms with Gasteiger partial charge < -0.3 is 0 Å². The molecule has 0 amide bonds. The van der Waals surface area contributed by atoms with Gasteiger partial charge in [0.05, 0.1) is 0 Å². The van der Waals surface area contributed by atoms with Gasteiger partial charge in [-0.05, 0) is 41.8 Å². The maximum Gasteiger partial charge on any atom is -0.0155 e. The van der Waals surface area contributed by atoms with Crippen LogP contribution < -0.4 is 10.4 Å². The standard InChI is InChI=1S/C13H14/c1-10-6-3-4-8-12-11(2)7-5-9-13(10)12/h3,5-9H,4H2,1-2H3. The fourth-order valence-electron chi connectivity index (χ4n) is 1.82. The molecule has 0 saturated carbocycles. The van der Waals surface area contributed by atoms with Gasteiger partial charge in [0.25, 0.3) is 0 Å². The lowest BCUT2D eigenvalue weighted by atomic mass is 10.1. The van der Waals surface area contributed by atoms with Crippen molar-refractivity contribution >= 4 is 11.6 Å². The van der Waals surface area contributed by atoms with Crippen molar-refractivity contribution in [1.82, 2.24) is 0 Å². The molecule has 0 aliphatic heterocycles. The maximum absolute atomic E-state index is 2.30. The molecule has 0 aromatic heterocycles. The van der Waals surface area contributed by atoms with Gasteiger partial charge in [-0.2, -0.15) is 0 Å². The average Bonchev–Trinajstić information content (AvgIpc) is 2.30. The molecule has 1 aromatic rings. The molecule has 0 spiro atoms. The number of hydrogen-bond donors (Lipinski definition) is 0. The molecule has 0 fully saturated rings. The third-order valence-electron chi connectivity index (χ3n) is 2.57. The Bertz CT molecular complexity index is 461. The Morgan fingerprint density at radius 2 is 2.00 bits per heavy atom. The molecule has 0 atom stereocenters. The van der Waals surface area contributed by atoms with Crippen molar-refractivity contribution in [3.8, 4) is 0 Å². The van der Waals surface area contributed by atoms with Crippen LogP contribution in [0, 0.1) is 6.92 Å². The van der Waals surface area contributed by atoms with Gasteiger partial charge in [0.1, 0.15) is 0 Å². The topological polar surface area (TPSA) is 0 Å². The largest absolute Gasteiger partial charge is 0.0804 e. The van der Waals surface area contributed by atoms with Crippen LogP contribution in [0.1, 0.15) is 18.9 Å². The highest BCUT2D eigenvalue weighted by molar-refractivity contribution is 5.57. The van der Waals surface area contributed by atoms with E-state index >= 15 is 0 Å². The summed E-state index contributed by atoms with van der Waals surface area (Å²) >= 11 is 0. The number of rotatable bonds is 0. The second-order valence-corrected chi connectivity index (χ2v) is 3.56. The maximum atomic E-state index is 2.30. The fraction of sp³-hybridized carbons (Fsp3) is 0.231. The number of benzene rings is 1. The van der Waals surface area contributed by atoms with Crippen LogP contribution in [0.3, 0.4) is 0 Å². The number of fused-ring (bicyclic) bond motifs is 1. The van der Waals surface area contributed by atoms with Crippen molar-refractivity contribution in [1.29, 1.82) is 0 Å². The second kappa shape index (κ2) is 3.21. The van der Waals surface area contributed by atoms with E-state index in [1.807, 2.05) is 0 Å². The van der Waals surface area contributed by atoms with Crippen LogP contribution in [0.2, 0.25) is 0 Å². The summed E-state index contributed by atoms with van der Waals surface area (Å²) in [4.78, 5) is 0. The van der Waals surface area contributed by atoms with Crippen molar-refractivity contribution in [3.63, 3.8) is 0 Å². The van der Waals surface area contributed by atoms with E-state index in [1.165, 1.54) is 21.6 Å². The van der Waals surface area contributed by atoms with Gasteiger partial charge in [0.15, 0.2) is 0 Å². The molecule has 0 heterocycles. The molecule has 0 bridgehead atoms. The number of aryl methyl sites for hydroxylation is 1. The summed E-state index contributed by atoms with van der Waals surface area (Å²) in [7, 11) is 0. The summed E-state index contributed by atoms with van der Waals surface area (Å²) < 4.78 is 0. The SMILES string of the molecule is CC1=c2cccc(C)c2=CCC=C1. The average molecular weight is 170 g/mol. The summed E-state index contributed by atoms with van der Waals surface area (Å²) in [5.41, 5.74) is 2.74. The molecular formula is C13H14. The van der Waals surface area contributed by atoms with E-state index in [2.05, 4.69) is 50.3 Å². The number of hydrogen-bond acceptors (Lipinski definition) is 0. The van der Waals surface area contributed by atoms with Crippen LogP contribution in [0.15, 0.2) is 30.4 Å². The Balaban J connectivity index is 2.94. The predicted octanol–water partition coefficient (Wildman–Crippen LogP) is 1.91. The molecule has 2 rings (SSSR count). The summed E-state index contributed by atoms with van der Waals surface area (Å²) in [5, 5.41) is 2.79. The smallest absolute Gasteiger partial charge is 0.0155 e. The Hall–Kier alpha value is -1.30. The van der Waals surface area contributed by atoms with Gasteiger partial charge in [0, 0.05) is 0 Å². The van der Waals surface area contributed by atoms with E-state index in [1.54, 1.807) is 0 Å². The molecule has 13 heavy (non-hydrogen) atoms. The first kappa shape index (κ1) is 8.31. The van der Waals surface area contributed by atoms with E-state index in [0.717, 1.165) is 6.42 Å². The molecule has 1 aliphatic carbocycles. The fourth-order valence-corrected chi connectivity index (χ4v) is 1.82. The van der Waals surface area contributed by atoms with E-state index in [0.29, 0.717) is 0 Å². The Morgan fingerprint density at radius 3 is 2.85 bits per heavy atom. The zero-order valence-electron chi connectivity index (χ0n) is 8.17. The molecule has 1 aliphatic rings. The molecule has 66 valence electrons. The van der Waals surface area contributed by atoms with Crippen LogP contribution in [0.5, 0.6) is 0 Å². The molecule has 0 nitrogen and oxygen atoms in total. The van der Waals surface area contributed by atoms with Crippen molar-refractivity contribution in [3.05, 3.63) is 46.4 Å². The summed E-state index contributed by atoms with van der Waals surface area (Å²) in [6.45, 7) is 4.35. The van der Waals surface area contributed by atoms with Gasteiger partial charge in [-0.1, -0.05) is 36.4 Å². The summed E-state index contributed by atoms with van der Waals surface area (Å²) in [6.07, 6.45) is 7.78. The van der Waals surface area contributed by atoms with Crippen LogP contribution in [-0.2, 0) is 0 Å². The highest BCUT2D eigenvalue weighted by Gasteiger charge is 1.95. The quantitative estimate of drug-likeness (QED) is 0.558. The van der Waals surface area contributed by atoms with E-state index in [-0.39, 0.29) is 0 Å². The minimum Gasteiger partial charge on any atom is -0.0804 e. The lowest BCUT2D eigenvalue weighted by molar-refractivity contribution is 1.34. The molecule has 0 unspecified atom stereocenters. The zero-order valence-corrected chi connectivity index (χ0v) is 8.17. The zero-order chi connectivity index (χ0) is 9.26. The van der Waals surface area contributed by atoms with Gasteiger partial charge in [0.2, 0.25) is 0 Å². The Labute approximate surface area is 78.9 Å². The molecule has 0 saturated heterocycles. The van der Waals surface area contributed by atoms with Crippen LogP contribution in [0.4, 0.5) is 0 Å². The van der Waals surface area contributed by atoms with E-state index in [4.69, 9.17) is 0 Å². The molecule has 1 aromatic carbocycles. The monoisotopic (exact) mass is 170 g/mol. The van der Waals surface area contributed by atoms with Gasteiger partial charge in [-0.15, -0.1) is 0 Å². The third-order valence-corrected chi connectivity index (χ3v) is 2.57. The van der Waals surface area contributed by atoms with E-state index in [9.17, 15) is 0 Å². The minimum atomic E-state index is 1.05. The first-order chi connectivity index (χ1) is 6.29. The highest BCUT2D eigenvalue weighted by atomic mass is 14.0. The first-order valence-electron chi connectivity index (χ1n) is 4.72. The van der Waals surface area contributed by atoms with Gasteiger partial charge in [-0.3, -0.25) is 0 Å². The Kier molecular flexibility index (Phi) is 2.05. The second-order valence-electron chi connectivity index (χ2n) is 3.56. The van der Waals surface area contributed by atoms with Gasteiger partial charge >= 0.3 is 0 Å². The molecular weight excluding hydrogens is 156 g/mol. The highest BCUT2D eigenvalue weighted by Crippen LogP contribution is 1.99. The minimum absolute atomic E-state index is 1.05. The summed E-state index contributed by atoms with van der Waals surface area (Å²) in [6, 6.07) is 6.50. The molecule has 0 heteroatoms. The molecule has 0 radical (unpaired) electrons. The van der Waals surface area contributed by atoms with Crippen molar-refractivity contribution in [2.75, 3.05) is 0 Å². The Morgan fingerprint density at radius 1 is 1.15 bits per heavy atom. The van der Waals surface area contributed by atoms with Crippen LogP contribution in [-0.4, -0.2) is 0 Å². The lowest BCUT2D eigenvalue weighted by Gasteiger charge is -1.97. The van der Waals surface area contributed by atoms with Crippen molar-refractivity contribution < 1.29 is 0 Å². The van der Waals surface area contributed by atoms with Crippen molar-refractivity contribution in [2.45, 2.75) is 20.3 Å². The molecule has 0 N–H and O–H groups in total. The summed E-state index contributed by atoms with van der Waals surface area (Å²) in [5.74, 6) is 0. The third kappa shape index (κ3) is 1.44. The number of allylic oxidation sites excluding steroid dienone is 2. The van der Waals surface area contributed by atoms with Crippen LogP contribution >= 0.6 is 0 Å². The lowest BCUT2D eigenvalue weighted by Crippen LogP contribution is -2.27. The van der Waals surface area contributed by atoms with Crippen molar-refractivity contribution in [2.24, 2.45) is 0 Å². The predicted molar refractivity (Wildman–Crippen MR) is 57.7 cm³/mol. The first-order valence-corrected chi connectivity index (χ1v) is 4.72. The van der Waals surface area contributed by atoms with Crippen LogP contribution in [0.25, 0.3) is 11.6 Å².